The number of carbonyl (C=O) groups is 1. The summed E-state index contributed by atoms with van der Waals surface area (Å²) in [6, 6.07) is 5.29. The Hall–Kier alpha value is -0.770. The number of aryl methyl sites for hydroxylation is 1. The molecule has 1 aromatic rings. The van der Waals surface area contributed by atoms with Crippen LogP contribution in [0.5, 0.6) is 0 Å². The van der Waals surface area contributed by atoms with Crippen molar-refractivity contribution >= 4 is 29.1 Å². The number of hydrogen-bond acceptors (Lipinski definition) is 2. The Morgan fingerprint density at radius 2 is 2.11 bits per heavy atom. The standard InChI is InChI=1S/C13H17Cl2NO2/c1-10-7-11(9-12(15)8-10)13(17)16-4-2-5-18-6-3-14/h7-9H,2-6H2,1H3,(H,16,17). The summed E-state index contributed by atoms with van der Waals surface area (Å²) in [7, 11) is 0. The zero-order chi connectivity index (χ0) is 13.4. The van der Waals surface area contributed by atoms with E-state index in [0.717, 1.165) is 12.0 Å². The third-order valence-electron chi connectivity index (χ3n) is 2.28. The maximum Gasteiger partial charge on any atom is 0.251 e. The summed E-state index contributed by atoms with van der Waals surface area (Å²) in [4.78, 5) is 11.8. The molecule has 0 aliphatic rings. The minimum atomic E-state index is -0.113. The predicted molar refractivity (Wildman–Crippen MR) is 74.7 cm³/mol. The van der Waals surface area contributed by atoms with Crippen LogP contribution in [0.1, 0.15) is 22.3 Å². The van der Waals surface area contributed by atoms with Gasteiger partial charge in [0.2, 0.25) is 0 Å². The van der Waals surface area contributed by atoms with Crippen molar-refractivity contribution in [3.63, 3.8) is 0 Å². The third kappa shape index (κ3) is 5.71. The average molecular weight is 290 g/mol. The molecule has 0 bridgehead atoms. The normalized spacial score (nSPS) is 10.4. The van der Waals surface area contributed by atoms with Gasteiger partial charge in [0.05, 0.1) is 6.61 Å². The van der Waals surface area contributed by atoms with E-state index in [0.29, 0.717) is 36.2 Å². The van der Waals surface area contributed by atoms with Gasteiger partial charge in [-0.3, -0.25) is 4.79 Å². The van der Waals surface area contributed by atoms with Gasteiger partial charge in [-0.05, 0) is 37.1 Å². The molecule has 100 valence electrons. The molecule has 0 aliphatic carbocycles. The van der Waals surface area contributed by atoms with E-state index in [1.165, 1.54) is 0 Å². The summed E-state index contributed by atoms with van der Waals surface area (Å²) in [6.07, 6.45) is 0.766. The maximum absolute atomic E-state index is 11.8. The van der Waals surface area contributed by atoms with Gasteiger partial charge in [-0.15, -0.1) is 11.6 Å². The van der Waals surface area contributed by atoms with Crippen molar-refractivity contribution in [2.24, 2.45) is 0 Å². The molecule has 1 rings (SSSR count). The molecule has 0 fully saturated rings. The highest BCUT2D eigenvalue weighted by Crippen LogP contribution is 2.14. The van der Waals surface area contributed by atoms with Crippen molar-refractivity contribution in [3.05, 3.63) is 34.3 Å². The lowest BCUT2D eigenvalue weighted by atomic mass is 10.1. The lowest BCUT2D eigenvalue weighted by molar-refractivity contribution is 0.0944. The van der Waals surface area contributed by atoms with Crippen LogP contribution in [-0.2, 0) is 4.74 Å². The highest BCUT2D eigenvalue weighted by molar-refractivity contribution is 6.31. The predicted octanol–water partition coefficient (Wildman–Crippen LogP) is 3.02. The highest BCUT2D eigenvalue weighted by Gasteiger charge is 2.06. The molecular formula is C13H17Cl2NO2. The second kappa shape index (κ2) is 8.35. The summed E-state index contributed by atoms with van der Waals surface area (Å²) in [5, 5.41) is 3.39. The van der Waals surface area contributed by atoms with Gasteiger partial charge < -0.3 is 10.1 Å². The van der Waals surface area contributed by atoms with E-state index in [1.54, 1.807) is 6.07 Å². The van der Waals surface area contributed by atoms with Crippen molar-refractivity contribution in [3.8, 4) is 0 Å². The van der Waals surface area contributed by atoms with Gasteiger partial charge in [0.15, 0.2) is 0 Å². The Bertz CT molecular complexity index is 376. The molecule has 0 aromatic heterocycles. The fourth-order valence-electron chi connectivity index (χ4n) is 1.50. The van der Waals surface area contributed by atoms with Crippen LogP contribution in [0.4, 0.5) is 0 Å². The quantitative estimate of drug-likeness (QED) is 0.619. The van der Waals surface area contributed by atoms with Gasteiger partial charge in [-0.1, -0.05) is 11.6 Å². The first-order chi connectivity index (χ1) is 8.63. The molecule has 0 unspecified atom stereocenters. The van der Waals surface area contributed by atoms with Crippen molar-refractivity contribution in [1.29, 1.82) is 0 Å². The number of amides is 1. The number of benzene rings is 1. The lowest BCUT2D eigenvalue weighted by Gasteiger charge is -2.07. The highest BCUT2D eigenvalue weighted by atomic mass is 35.5. The molecule has 1 amide bonds. The molecule has 0 aliphatic heterocycles. The fourth-order valence-corrected chi connectivity index (χ4v) is 1.90. The van der Waals surface area contributed by atoms with Crippen molar-refractivity contribution in [2.45, 2.75) is 13.3 Å². The first-order valence-corrected chi connectivity index (χ1v) is 6.74. The van der Waals surface area contributed by atoms with Crippen LogP contribution in [0.15, 0.2) is 18.2 Å². The van der Waals surface area contributed by atoms with E-state index in [9.17, 15) is 4.79 Å². The van der Waals surface area contributed by atoms with E-state index in [1.807, 2.05) is 19.1 Å². The molecule has 0 saturated heterocycles. The van der Waals surface area contributed by atoms with Gasteiger partial charge >= 0.3 is 0 Å². The number of carbonyl (C=O) groups excluding carboxylic acids is 1. The summed E-state index contributed by atoms with van der Waals surface area (Å²) in [5.41, 5.74) is 1.56. The number of ether oxygens (including phenoxy) is 1. The van der Waals surface area contributed by atoms with E-state index in [4.69, 9.17) is 27.9 Å². The van der Waals surface area contributed by atoms with Crippen molar-refractivity contribution in [1.82, 2.24) is 5.32 Å². The van der Waals surface area contributed by atoms with Gasteiger partial charge in [0.25, 0.3) is 5.91 Å². The first-order valence-electron chi connectivity index (χ1n) is 5.82. The molecule has 0 heterocycles. The molecule has 5 heteroatoms. The van der Waals surface area contributed by atoms with E-state index >= 15 is 0 Å². The summed E-state index contributed by atoms with van der Waals surface area (Å²) in [5.74, 6) is 0.381. The van der Waals surface area contributed by atoms with Crippen LogP contribution in [0.2, 0.25) is 5.02 Å². The molecule has 1 N–H and O–H groups in total. The number of rotatable bonds is 7. The zero-order valence-electron chi connectivity index (χ0n) is 10.3. The second-order valence-corrected chi connectivity index (χ2v) is 4.74. The molecule has 3 nitrogen and oxygen atoms in total. The summed E-state index contributed by atoms with van der Waals surface area (Å²) >= 11 is 11.4. The third-order valence-corrected chi connectivity index (χ3v) is 2.65. The van der Waals surface area contributed by atoms with E-state index in [2.05, 4.69) is 5.32 Å². The molecule has 1 aromatic carbocycles. The number of hydrogen-bond donors (Lipinski definition) is 1. The largest absolute Gasteiger partial charge is 0.380 e. The van der Waals surface area contributed by atoms with E-state index < -0.39 is 0 Å². The molecule has 0 spiro atoms. The second-order valence-electron chi connectivity index (χ2n) is 3.93. The van der Waals surface area contributed by atoms with Crippen LogP contribution in [0, 0.1) is 6.92 Å². The monoisotopic (exact) mass is 289 g/mol. The minimum absolute atomic E-state index is 0.113. The smallest absolute Gasteiger partial charge is 0.251 e. The maximum atomic E-state index is 11.8. The summed E-state index contributed by atoms with van der Waals surface area (Å²) < 4.78 is 5.20. The number of halogens is 2. The average Bonchev–Trinajstić information content (AvgIpc) is 2.32. The number of nitrogens with one attached hydrogen (secondary N) is 1. The Labute approximate surface area is 117 Å². The van der Waals surface area contributed by atoms with Crippen LogP contribution in [0.25, 0.3) is 0 Å². The van der Waals surface area contributed by atoms with E-state index in [-0.39, 0.29) is 5.91 Å². The summed E-state index contributed by atoms with van der Waals surface area (Å²) in [6.45, 7) is 3.62. The van der Waals surface area contributed by atoms with Crippen molar-refractivity contribution in [2.75, 3.05) is 25.6 Å². The van der Waals surface area contributed by atoms with Gasteiger partial charge in [-0.25, -0.2) is 0 Å². The van der Waals surface area contributed by atoms with Crippen LogP contribution >= 0.6 is 23.2 Å². The van der Waals surface area contributed by atoms with Gasteiger partial charge in [0, 0.05) is 29.6 Å². The molecule has 18 heavy (non-hydrogen) atoms. The van der Waals surface area contributed by atoms with Crippen LogP contribution in [0.3, 0.4) is 0 Å². The molecular weight excluding hydrogens is 273 g/mol. The first kappa shape index (κ1) is 15.3. The lowest BCUT2D eigenvalue weighted by Crippen LogP contribution is -2.25. The topological polar surface area (TPSA) is 38.3 Å². The van der Waals surface area contributed by atoms with Gasteiger partial charge in [-0.2, -0.15) is 0 Å². The SMILES string of the molecule is Cc1cc(Cl)cc(C(=O)NCCCOCCCl)c1. The fraction of sp³-hybridized carbons (Fsp3) is 0.462. The Kier molecular flexibility index (Phi) is 7.09. The van der Waals surface area contributed by atoms with Crippen LogP contribution < -0.4 is 5.32 Å². The molecule has 0 saturated carbocycles. The minimum Gasteiger partial charge on any atom is -0.380 e. The molecule has 0 atom stereocenters. The van der Waals surface area contributed by atoms with Crippen molar-refractivity contribution < 1.29 is 9.53 Å². The Balaban J connectivity index is 2.32. The Morgan fingerprint density at radius 3 is 2.78 bits per heavy atom. The number of alkyl halides is 1. The zero-order valence-corrected chi connectivity index (χ0v) is 11.9. The molecule has 0 radical (unpaired) electrons. The van der Waals surface area contributed by atoms with Crippen LogP contribution in [-0.4, -0.2) is 31.5 Å². The van der Waals surface area contributed by atoms with Gasteiger partial charge in [0.1, 0.15) is 0 Å². The Morgan fingerprint density at radius 1 is 1.33 bits per heavy atom.